The number of pyridine rings is 1. The summed E-state index contributed by atoms with van der Waals surface area (Å²) in [6.07, 6.45) is 6.11. The lowest BCUT2D eigenvalue weighted by Crippen LogP contribution is -2.45. The second-order valence-corrected chi connectivity index (χ2v) is 6.95. The molecule has 3 rings (SSSR count). The number of esters is 1. The van der Waals surface area contributed by atoms with Gasteiger partial charge in [-0.2, -0.15) is 0 Å². The van der Waals surface area contributed by atoms with Gasteiger partial charge >= 0.3 is 18.0 Å². The van der Waals surface area contributed by atoms with Crippen molar-refractivity contribution in [3.05, 3.63) is 75.7 Å². The largest absolute Gasteiger partial charge is 0.478 e. The third-order valence-corrected chi connectivity index (χ3v) is 4.74. The molecule has 0 saturated heterocycles. The van der Waals surface area contributed by atoms with Crippen molar-refractivity contribution < 1.29 is 24.2 Å². The number of rotatable bonds is 5. The number of aliphatic carboxylic acids is 1. The summed E-state index contributed by atoms with van der Waals surface area (Å²) < 4.78 is 5.75. The molecule has 2 heterocycles. The van der Waals surface area contributed by atoms with Crippen molar-refractivity contribution in [3.8, 4) is 5.75 Å². The number of nitrogens with one attached hydrogen (secondary N) is 2. The maximum absolute atomic E-state index is 12.1. The molecule has 3 N–H and O–H groups in total. The zero-order chi connectivity index (χ0) is 21.0. The molecule has 2 amide bonds. The van der Waals surface area contributed by atoms with Gasteiger partial charge < -0.3 is 20.5 Å². The molecule has 1 unspecified atom stereocenters. The molecule has 1 aromatic carbocycles. The van der Waals surface area contributed by atoms with Crippen LogP contribution < -0.4 is 15.4 Å². The highest BCUT2D eigenvalue weighted by molar-refractivity contribution is 9.10. The third kappa shape index (κ3) is 4.88. The Morgan fingerprint density at radius 2 is 1.97 bits per heavy atom. The van der Waals surface area contributed by atoms with Crippen molar-refractivity contribution in [1.82, 2.24) is 15.6 Å². The van der Waals surface area contributed by atoms with Crippen molar-refractivity contribution in [2.24, 2.45) is 0 Å². The summed E-state index contributed by atoms with van der Waals surface area (Å²) >= 11 is 3.32. The third-order valence-electron chi connectivity index (χ3n) is 4.12. The van der Waals surface area contributed by atoms with E-state index in [1.54, 1.807) is 42.7 Å². The molecule has 1 aliphatic rings. The average Bonchev–Trinajstić information content (AvgIpc) is 2.67. The van der Waals surface area contributed by atoms with E-state index in [0.29, 0.717) is 10.0 Å². The number of aromatic nitrogens is 1. The normalized spacial score (nSPS) is 16.3. The number of nitrogens with zero attached hydrogens (tertiary/aromatic N) is 1. The van der Waals surface area contributed by atoms with Crippen molar-refractivity contribution in [3.63, 3.8) is 0 Å². The fourth-order valence-electron chi connectivity index (χ4n) is 2.79. The van der Waals surface area contributed by atoms with Gasteiger partial charge in [0, 0.05) is 24.2 Å². The molecule has 9 heteroatoms. The number of benzene rings is 1. The molecular weight excluding hydrogens is 442 g/mol. The second-order valence-electron chi connectivity index (χ2n) is 6.10. The van der Waals surface area contributed by atoms with Crippen LogP contribution >= 0.6 is 15.9 Å². The fraction of sp³-hybridized carbons (Fsp3) is 0.100. The van der Waals surface area contributed by atoms with Gasteiger partial charge in [-0.25, -0.2) is 14.4 Å². The highest BCUT2D eigenvalue weighted by Gasteiger charge is 2.31. The quantitative estimate of drug-likeness (QED) is 0.360. The van der Waals surface area contributed by atoms with Gasteiger partial charge in [0.25, 0.3) is 0 Å². The minimum absolute atomic E-state index is 0.0292. The smallest absolute Gasteiger partial charge is 0.336 e. The van der Waals surface area contributed by atoms with E-state index in [1.165, 1.54) is 19.1 Å². The molecule has 1 aliphatic heterocycles. The number of hydrogen-bond acceptors (Lipinski definition) is 5. The van der Waals surface area contributed by atoms with Gasteiger partial charge in [-0.1, -0.05) is 6.07 Å². The zero-order valence-electron chi connectivity index (χ0n) is 15.2. The Morgan fingerprint density at radius 3 is 2.62 bits per heavy atom. The first-order valence-corrected chi connectivity index (χ1v) is 9.25. The van der Waals surface area contributed by atoms with E-state index in [1.807, 2.05) is 0 Å². The van der Waals surface area contributed by atoms with Gasteiger partial charge in [0.05, 0.1) is 16.1 Å². The molecule has 1 atom stereocenters. The minimum atomic E-state index is -1.15. The number of allylic oxidation sites excluding steroid dienone is 1. The molecule has 2 aromatic rings. The van der Waals surface area contributed by atoms with Gasteiger partial charge in [-0.05, 0) is 64.3 Å². The number of carboxylic acid groups (broad SMARTS) is 1. The van der Waals surface area contributed by atoms with Crippen LogP contribution in [0, 0.1) is 0 Å². The van der Waals surface area contributed by atoms with E-state index >= 15 is 0 Å². The van der Waals surface area contributed by atoms with Crippen LogP contribution in [0.1, 0.15) is 24.1 Å². The van der Waals surface area contributed by atoms with E-state index in [4.69, 9.17) is 4.74 Å². The summed E-state index contributed by atoms with van der Waals surface area (Å²) in [7, 11) is 0. The van der Waals surface area contributed by atoms with Crippen LogP contribution in [-0.4, -0.2) is 28.1 Å². The van der Waals surface area contributed by atoms with Gasteiger partial charge in [0.2, 0.25) is 0 Å². The van der Waals surface area contributed by atoms with Crippen LogP contribution in [-0.2, 0) is 9.59 Å². The highest BCUT2D eigenvalue weighted by Crippen LogP contribution is 2.33. The van der Waals surface area contributed by atoms with E-state index in [-0.39, 0.29) is 17.0 Å². The average molecular weight is 458 g/mol. The standard InChI is InChI=1S/C20H16BrN3O5/c1-11-17(19(26)27)18(24-20(28)23-11)13-3-4-15(14(21)10-13)29-16(25)5-2-12-6-8-22-9-7-12/h2-10,18H,1H3,(H,26,27)(H2,23,24,28). The predicted molar refractivity (Wildman–Crippen MR) is 108 cm³/mol. The van der Waals surface area contributed by atoms with Crippen molar-refractivity contribution in [2.75, 3.05) is 0 Å². The summed E-state index contributed by atoms with van der Waals surface area (Å²) in [5.74, 6) is -1.46. The topological polar surface area (TPSA) is 118 Å². The highest BCUT2D eigenvalue weighted by atomic mass is 79.9. The monoisotopic (exact) mass is 457 g/mol. The summed E-state index contributed by atoms with van der Waals surface area (Å²) in [5, 5.41) is 14.5. The number of carbonyl (C=O) groups excluding carboxylic acids is 2. The molecule has 0 radical (unpaired) electrons. The molecule has 0 bridgehead atoms. The molecular formula is C20H16BrN3O5. The van der Waals surface area contributed by atoms with Crippen LogP contribution in [0.4, 0.5) is 4.79 Å². The Morgan fingerprint density at radius 1 is 1.24 bits per heavy atom. The summed E-state index contributed by atoms with van der Waals surface area (Å²) in [5.41, 5.74) is 1.62. The fourth-order valence-corrected chi connectivity index (χ4v) is 3.27. The lowest BCUT2D eigenvalue weighted by atomic mass is 9.95. The van der Waals surface area contributed by atoms with E-state index < -0.39 is 24.0 Å². The van der Waals surface area contributed by atoms with Crippen molar-refractivity contribution in [2.45, 2.75) is 13.0 Å². The molecule has 0 saturated carbocycles. The summed E-state index contributed by atoms with van der Waals surface area (Å²) in [6, 6.07) is 6.88. The number of carboxylic acids is 1. The van der Waals surface area contributed by atoms with Gasteiger partial charge in [-0.15, -0.1) is 0 Å². The first kappa shape index (κ1) is 20.3. The molecule has 148 valence electrons. The second kappa shape index (κ2) is 8.70. The van der Waals surface area contributed by atoms with Crippen LogP contribution in [0.3, 0.4) is 0 Å². The Balaban J connectivity index is 1.79. The predicted octanol–water partition coefficient (Wildman–Crippen LogP) is 3.18. The number of halogens is 1. The van der Waals surface area contributed by atoms with Crippen molar-refractivity contribution >= 4 is 40.0 Å². The van der Waals surface area contributed by atoms with E-state index in [0.717, 1.165) is 5.56 Å². The molecule has 1 aromatic heterocycles. The van der Waals surface area contributed by atoms with E-state index in [9.17, 15) is 19.5 Å². The molecule has 8 nitrogen and oxygen atoms in total. The first-order chi connectivity index (χ1) is 13.8. The molecule has 0 fully saturated rings. The van der Waals surface area contributed by atoms with Gasteiger partial charge in [0.15, 0.2) is 0 Å². The Labute approximate surface area is 174 Å². The maximum atomic E-state index is 12.1. The van der Waals surface area contributed by atoms with Gasteiger partial charge in [0.1, 0.15) is 5.75 Å². The SMILES string of the molecule is CC1=C(C(=O)O)C(c2ccc(OC(=O)C=Cc3ccncc3)c(Br)c2)NC(=O)N1. The van der Waals surface area contributed by atoms with Crippen LogP contribution in [0.5, 0.6) is 5.75 Å². The maximum Gasteiger partial charge on any atom is 0.336 e. The Kier molecular flexibility index (Phi) is 6.08. The first-order valence-electron chi connectivity index (χ1n) is 8.46. The Hall–Kier alpha value is -3.46. The number of urea groups is 1. The lowest BCUT2D eigenvalue weighted by Gasteiger charge is -2.27. The number of amides is 2. The number of hydrogen-bond donors (Lipinski definition) is 3. The minimum Gasteiger partial charge on any atom is -0.478 e. The zero-order valence-corrected chi connectivity index (χ0v) is 16.8. The summed E-state index contributed by atoms with van der Waals surface area (Å²) in [6.45, 7) is 1.52. The van der Waals surface area contributed by atoms with Gasteiger partial charge in [-0.3, -0.25) is 4.98 Å². The van der Waals surface area contributed by atoms with E-state index in [2.05, 4.69) is 31.5 Å². The molecule has 0 aliphatic carbocycles. The van der Waals surface area contributed by atoms with Crippen molar-refractivity contribution in [1.29, 1.82) is 0 Å². The molecule has 0 spiro atoms. The Bertz CT molecular complexity index is 1030. The van der Waals surface area contributed by atoms with Crippen LogP contribution in [0.2, 0.25) is 0 Å². The lowest BCUT2D eigenvalue weighted by molar-refractivity contribution is -0.133. The number of carbonyl (C=O) groups is 3. The van der Waals surface area contributed by atoms with Crippen LogP contribution in [0.15, 0.2) is 64.5 Å². The molecule has 29 heavy (non-hydrogen) atoms. The van der Waals surface area contributed by atoms with Crippen LogP contribution in [0.25, 0.3) is 6.08 Å². The summed E-state index contributed by atoms with van der Waals surface area (Å²) in [4.78, 5) is 39.3. The number of ether oxygens (including phenoxy) is 1.